The van der Waals surface area contributed by atoms with Crippen molar-refractivity contribution < 1.29 is 17.7 Å². The SMILES string of the molecule is Cc1cc(-c2ccc(N(c3c(C)cccc3-c3cccc4c3oc3ccccc34)c3cccc4c3oc3ccccc34)c(C)c2)ccc1N(c1c(C)cccc1-c1cccc2c1oc1ccccc12)c1cccc2c1oc1ccccc12. The van der Waals surface area contributed by atoms with Crippen LogP contribution in [0.25, 0.3) is 121 Å². The van der Waals surface area contributed by atoms with Gasteiger partial charge in [-0.3, -0.25) is 0 Å². The predicted molar refractivity (Wildman–Crippen MR) is 340 cm³/mol. The zero-order chi connectivity index (χ0) is 54.7. The highest BCUT2D eigenvalue weighted by Crippen LogP contribution is 2.52. The zero-order valence-electron chi connectivity index (χ0n) is 45.6. The van der Waals surface area contributed by atoms with Crippen molar-refractivity contribution in [1.82, 2.24) is 0 Å². The van der Waals surface area contributed by atoms with Gasteiger partial charge in [-0.1, -0.05) is 182 Å². The second kappa shape index (κ2) is 18.5. The van der Waals surface area contributed by atoms with E-state index in [0.717, 1.165) is 178 Å². The first-order valence-electron chi connectivity index (χ1n) is 28.0. The van der Waals surface area contributed by atoms with Crippen LogP contribution in [0.1, 0.15) is 22.3 Å². The number of nitrogens with zero attached hydrogens (tertiary/aromatic N) is 2. The number of fused-ring (bicyclic) bond motifs is 12. The molecule has 16 aromatic rings. The zero-order valence-corrected chi connectivity index (χ0v) is 45.6. The van der Waals surface area contributed by atoms with E-state index in [1.165, 1.54) is 0 Å². The number of hydrogen-bond donors (Lipinski definition) is 0. The average Bonchev–Trinajstić information content (AvgIpc) is 4.09. The second-order valence-corrected chi connectivity index (χ2v) is 21.7. The summed E-state index contributed by atoms with van der Waals surface area (Å²) >= 11 is 0. The van der Waals surface area contributed by atoms with Gasteiger partial charge >= 0.3 is 0 Å². The van der Waals surface area contributed by atoms with Crippen LogP contribution >= 0.6 is 0 Å². The van der Waals surface area contributed by atoms with Crippen molar-refractivity contribution in [2.45, 2.75) is 27.7 Å². The quantitative estimate of drug-likeness (QED) is 0.144. The Balaban J connectivity index is 0.869. The van der Waals surface area contributed by atoms with Crippen molar-refractivity contribution >= 4 is 122 Å². The molecule has 0 fully saturated rings. The predicted octanol–water partition coefficient (Wildman–Crippen LogP) is 22.5. The van der Waals surface area contributed by atoms with Crippen molar-refractivity contribution in [3.8, 4) is 33.4 Å². The summed E-state index contributed by atoms with van der Waals surface area (Å²) in [5.74, 6) is 0. The smallest absolute Gasteiger partial charge is 0.159 e. The van der Waals surface area contributed by atoms with Gasteiger partial charge in [-0.05, 0) is 122 Å². The van der Waals surface area contributed by atoms with Crippen LogP contribution in [-0.4, -0.2) is 0 Å². The summed E-state index contributed by atoms with van der Waals surface area (Å²) in [5.41, 5.74) is 23.7. The van der Waals surface area contributed by atoms with Crippen LogP contribution in [0.4, 0.5) is 34.1 Å². The van der Waals surface area contributed by atoms with Gasteiger partial charge in [0.1, 0.15) is 33.5 Å². The molecule has 4 aromatic heterocycles. The fraction of sp³-hybridized carbons (Fsp3) is 0.0526. The standard InChI is InChI=1S/C76H52N2O4/c1-45-19-13-25-55(61-29-15-27-57-51-21-5-9-35-67(51)79-73(57)61)71(45)77(65-33-17-31-59-53-23-7-11-37-69(53)81-75(59)65)63-41-39-49(43-47(63)3)50-40-42-64(48(4)44-50)78(66-34-18-32-60-54-24-8-12-38-70(54)82-76(60)66)72-46(2)20-14-26-56(72)62-30-16-28-58-52-22-6-10-36-68(52)80-74(58)62/h5-44H,1-4H3. The highest BCUT2D eigenvalue weighted by molar-refractivity contribution is 6.16. The van der Waals surface area contributed by atoms with Crippen molar-refractivity contribution in [1.29, 1.82) is 0 Å². The lowest BCUT2D eigenvalue weighted by molar-refractivity contribution is 0.668. The molecule has 6 nitrogen and oxygen atoms in total. The molecule has 0 unspecified atom stereocenters. The normalized spacial score (nSPS) is 11.9. The molecular weight excluding hydrogens is 1000 g/mol. The molecule has 0 saturated carbocycles. The molecule has 0 radical (unpaired) electrons. The van der Waals surface area contributed by atoms with Crippen LogP contribution in [0.2, 0.25) is 0 Å². The maximum Gasteiger partial charge on any atom is 0.159 e. The van der Waals surface area contributed by atoms with Gasteiger partial charge < -0.3 is 27.5 Å². The molecule has 4 heterocycles. The van der Waals surface area contributed by atoms with Crippen molar-refractivity contribution in [3.63, 3.8) is 0 Å². The van der Waals surface area contributed by atoms with E-state index >= 15 is 0 Å². The van der Waals surface area contributed by atoms with Crippen molar-refractivity contribution in [2.75, 3.05) is 9.80 Å². The highest BCUT2D eigenvalue weighted by Gasteiger charge is 2.29. The van der Waals surface area contributed by atoms with Gasteiger partial charge in [0.25, 0.3) is 0 Å². The third kappa shape index (κ3) is 7.28. The number of para-hydroxylation sites is 10. The lowest BCUT2D eigenvalue weighted by Crippen LogP contribution is -2.14. The van der Waals surface area contributed by atoms with Gasteiger partial charge in [0.2, 0.25) is 0 Å². The third-order valence-corrected chi connectivity index (χ3v) is 16.8. The van der Waals surface area contributed by atoms with E-state index in [-0.39, 0.29) is 0 Å². The summed E-state index contributed by atoms with van der Waals surface area (Å²) in [6.45, 7) is 8.85. The molecule has 0 bridgehead atoms. The van der Waals surface area contributed by atoms with Gasteiger partial charge in [0.15, 0.2) is 11.2 Å². The first-order valence-corrected chi connectivity index (χ1v) is 28.0. The van der Waals surface area contributed by atoms with Crippen LogP contribution < -0.4 is 9.80 Å². The Bertz CT molecular complexity index is 4930. The van der Waals surface area contributed by atoms with Crippen LogP contribution in [0.15, 0.2) is 260 Å². The van der Waals surface area contributed by atoms with Crippen molar-refractivity contribution in [2.24, 2.45) is 0 Å². The maximum atomic E-state index is 6.88. The van der Waals surface area contributed by atoms with E-state index in [1.54, 1.807) is 0 Å². The maximum absolute atomic E-state index is 6.88. The lowest BCUT2D eigenvalue weighted by atomic mass is 9.94. The minimum Gasteiger partial charge on any atom is -0.455 e. The van der Waals surface area contributed by atoms with Crippen LogP contribution in [0, 0.1) is 27.7 Å². The van der Waals surface area contributed by atoms with E-state index in [0.29, 0.717) is 0 Å². The minimum absolute atomic E-state index is 0.823. The van der Waals surface area contributed by atoms with Gasteiger partial charge in [-0.25, -0.2) is 0 Å². The van der Waals surface area contributed by atoms with Crippen LogP contribution in [0.3, 0.4) is 0 Å². The Morgan fingerprint density at radius 1 is 0.232 bits per heavy atom. The number of benzene rings is 12. The Morgan fingerprint density at radius 2 is 0.537 bits per heavy atom. The van der Waals surface area contributed by atoms with Crippen LogP contribution in [-0.2, 0) is 0 Å². The number of anilines is 6. The Labute approximate surface area is 472 Å². The summed E-state index contributed by atoms with van der Waals surface area (Å²) in [4.78, 5) is 4.82. The first kappa shape index (κ1) is 47.4. The van der Waals surface area contributed by atoms with Crippen LogP contribution in [0.5, 0.6) is 0 Å². The second-order valence-electron chi connectivity index (χ2n) is 21.7. The van der Waals surface area contributed by atoms with E-state index in [9.17, 15) is 0 Å². The minimum atomic E-state index is 0.823. The molecule has 390 valence electrons. The fourth-order valence-electron chi connectivity index (χ4n) is 13.0. The number of hydrogen-bond acceptors (Lipinski definition) is 6. The molecule has 0 amide bonds. The number of rotatable bonds is 9. The summed E-state index contributed by atoms with van der Waals surface area (Å²) < 4.78 is 27.2. The molecule has 0 aliphatic rings. The molecule has 0 atom stereocenters. The van der Waals surface area contributed by atoms with Crippen molar-refractivity contribution in [3.05, 3.63) is 265 Å². The topological polar surface area (TPSA) is 59.0 Å². The largest absolute Gasteiger partial charge is 0.455 e. The van der Waals surface area contributed by atoms with Gasteiger partial charge in [-0.2, -0.15) is 0 Å². The Morgan fingerprint density at radius 3 is 0.915 bits per heavy atom. The van der Waals surface area contributed by atoms with Gasteiger partial charge in [0, 0.05) is 76.7 Å². The molecule has 0 spiro atoms. The summed E-state index contributed by atoms with van der Waals surface area (Å²) in [6.07, 6.45) is 0. The first-order chi connectivity index (χ1) is 40.3. The summed E-state index contributed by atoms with van der Waals surface area (Å²) in [7, 11) is 0. The van der Waals surface area contributed by atoms with E-state index in [1.807, 2.05) is 24.3 Å². The molecular formula is C76H52N2O4. The third-order valence-electron chi connectivity index (χ3n) is 16.8. The Hall–Kier alpha value is -10.6. The monoisotopic (exact) mass is 1060 g/mol. The Kier molecular flexibility index (Phi) is 10.7. The molecule has 0 aliphatic heterocycles. The molecule has 0 aliphatic carbocycles. The average molecular weight is 1060 g/mol. The van der Waals surface area contributed by atoms with E-state index < -0.39 is 0 Å². The van der Waals surface area contributed by atoms with E-state index in [4.69, 9.17) is 17.7 Å². The van der Waals surface area contributed by atoms with Gasteiger partial charge in [0.05, 0.1) is 22.7 Å². The number of furan rings is 4. The fourth-order valence-corrected chi connectivity index (χ4v) is 13.0. The summed E-state index contributed by atoms with van der Waals surface area (Å²) in [6, 6.07) is 86.1. The molecule has 0 N–H and O–H groups in total. The lowest BCUT2D eigenvalue weighted by Gasteiger charge is -2.31. The molecule has 6 heteroatoms. The molecule has 12 aromatic carbocycles. The molecule has 82 heavy (non-hydrogen) atoms. The summed E-state index contributed by atoms with van der Waals surface area (Å²) in [5, 5.41) is 8.65. The molecule has 16 rings (SSSR count). The van der Waals surface area contributed by atoms with Gasteiger partial charge in [-0.15, -0.1) is 0 Å². The molecule has 0 saturated heterocycles. The highest BCUT2D eigenvalue weighted by atomic mass is 16.3. The van der Waals surface area contributed by atoms with E-state index in [2.05, 4.69) is 256 Å². The number of aryl methyl sites for hydroxylation is 4.